The molecule has 2 aromatic heterocycles. The summed E-state index contributed by atoms with van der Waals surface area (Å²) < 4.78 is 6.37. The van der Waals surface area contributed by atoms with Crippen LogP contribution in [0.25, 0.3) is 0 Å². The number of thiophene rings is 1. The molecule has 2 rings (SSSR count). The van der Waals surface area contributed by atoms with Crippen LogP contribution in [0.5, 0.6) is 0 Å². The summed E-state index contributed by atoms with van der Waals surface area (Å²) in [4.78, 5) is 2.65. The molecule has 2 nitrogen and oxygen atoms in total. The molecular weight excluding hydrogens is 286 g/mol. The second kappa shape index (κ2) is 4.73. The minimum Gasteiger partial charge on any atom is -0.452 e. The quantitative estimate of drug-likeness (QED) is 0.926. The van der Waals surface area contributed by atoms with E-state index in [9.17, 15) is 0 Å². The number of hydrogen-bond donors (Lipinski definition) is 1. The molecule has 0 saturated heterocycles. The van der Waals surface area contributed by atoms with E-state index in [4.69, 9.17) is 4.42 Å². The summed E-state index contributed by atoms with van der Waals surface area (Å²) in [6, 6.07) is 6.28. The number of aryl methyl sites for hydroxylation is 2. The standard InChI is InChI=1S/C12H14BrNOS/c1-7-6-10(16-8(7)2)12(14-3)9-4-5-11(13)15-9/h4-6,12,14H,1-3H3. The third kappa shape index (κ3) is 2.24. The lowest BCUT2D eigenvalue weighted by molar-refractivity contribution is 0.449. The fraction of sp³-hybridized carbons (Fsp3) is 0.333. The van der Waals surface area contributed by atoms with E-state index in [2.05, 4.69) is 41.2 Å². The average molecular weight is 300 g/mol. The Morgan fingerprint density at radius 1 is 1.38 bits per heavy atom. The molecule has 0 aliphatic rings. The monoisotopic (exact) mass is 299 g/mol. The van der Waals surface area contributed by atoms with Gasteiger partial charge in [0.15, 0.2) is 4.67 Å². The predicted molar refractivity (Wildman–Crippen MR) is 71.1 cm³/mol. The minimum absolute atomic E-state index is 0.142. The van der Waals surface area contributed by atoms with E-state index in [1.54, 1.807) is 0 Å². The molecule has 0 saturated carbocycles. The van der Waals surface area contributed by atoms with Gasteiger partial charge in [0.1, 0.15) is 11.8 Å². The molecule has 2 aromatic rings. The molecule has 2 heterocycles. The highest BCUT2D eigenvalue weighted by Crippen LogP contribution is 2.32. The maximum atomic E-state index is 5.60. The molecular formula is C12H14BrNOS. The summed E-state index contributed by atoms with van der Waals surface area (Å²) in [5.41, 5.74) is 1.34. The van der Waals surface area contributed by atoms with Gasteiger partial charge in [-0.2, -0.15) is 0 Å². The molecule has 0 aliphatic carbocycles. The summed E-state index contributed by atoms with van der Waals surface area (Å²) in [6.07, 6.45) is 0. The van der Waals surface area contributed by atoms with E-state index in [-0.39, 0.29) is 6.04 Å². The van der Waals surface area contributed by atoms with Crippen molar-refractivity contribution in [1.29, 1.82) is 0 Å². The van der Waals surface area contributed by atoms with E-state index >= 15 is 0 Å². The van der Waals surface area contributed by atoms with E-state index < -0.39 is 0 Å². The Kier molecular flexibility index (Phi) is 3.52. The van der Waals surface area contributed by atoms with Gasteiger partial charge in [0, 0.05) is 9.75 Å². The van der Waals surface area contributed by atoms with Gasteiger partial charge < -0.3 is 9.73 Å². The fourth-order valence-electron chi connectivity index (χ4n) is 1.65. The highest BCUT2D eigenvalue weighted by molar-refractivity contribution is 9.10. The molecule has 0 amide bonds. The Morgan fingerprint density at radius 2 is 2.12 bits per heavy atom. The Bertz CT molecular complexity index is 469. The maximum absolute atomic E-state index is 5.60. The van der Waals surface area contributed by atoms with Gasteiger partial charge in [0.25, 0.3) is 0 Å². The first-order chi connectivity index (χ1) is 7.61. The van der Waals surface area contributed by atoms with Crippen molar-refractivity contribution in [1.82, 2.24) is 5.32 Å². The van der Waals surface area contributed by atoms with Crippen molar-refractivity contribution in [2.75, 3.05) is 7.05 Å². The van der Waals surface area contributed by atoms with Crippen molar-refractivity contribution in [3.05, 3.63) is 43.9 Å². The number of halogens is 1. The number of rotatable bonds is 3. The molecule has 86 valence electrons. The lowest BCUT2D eigenvalue weighted by Gasteiger charge is -2.11. The maximum Gasteiger partial charge on any atom is 0.169 e. The third-order valence-electron chi connectivity index (χ3n) is 2.64. The summed E-state index contributed by atoms with van der Waals surface area (Å²) in [6.45, 7) is 4.29. The van der Waals surface area contributed by atoms with Crippen molar-refractivity contribution < 1.29 is 4.42 Å². The molecule has 0 aliphatic heterocycles. The van der Waals surface area contributed by atoms with Crippen LogP contribution in [-0.4, -0.2) is 7.05 Å². The molecule has 0 radical (unpaired) electrons. The zero-order valence-electron chi connectivity index (χ0n) is 9.50. The number of nitrogens with one attached hydrogen (secondary N) is 1. The predicted octanol–water partition coefficient (Wildman–Crippen LogP) is 4.03. The van der Waals surface area contributed by atoms with Gasteiger partial charge in [-0.1, -0.05) is 0 Å². The first-order valence-electron chi connectivity index (χ1n) is 5.11. The number of furan rings is 1. The summed E-state index contributed by atoms with van der Waals surface area (Å²) in [5, 5.41) is 3.28. The Hall–Kier alpha value is -0.580. The van der Waals surface area contributed by atoms with Crippen molar-refractivity contribution >= 4 is 27.3 Å². The SMILES string of the molecule is CNC(c1ccc(Br)o1)c1cc(C)c(C)s1. The average Bonchev–Trinajstić information content (AvgIpc) is 2.77. The van der Waals surface area contributed by atoms with E-state index in [1.165, 1.54) is 15.3 Å². The van der Waals surface area contributed by atoms with Gasteiger partial charge in [0.05, 0.1) is 0 Å². The lowest BCUT2D eigenvalue weighted by atomic mass is 10.1. The Balaban J connectivity index is 2.36. The largest absolute Gasteiger partial charge is 0.452 e. The van der Waals surface area contributed by atoms with Crippen LogP contribution in [0.1, 0.15) is 27.1 Å². The van der Waals surface area contributed by atoms with Crippen LogP contribution in [0.2, 0.25) is 0 Å². The highest BCUT2D eigenvalue weighted by atomic mass is 79.9. The molecule has 1 atom stereocenters. The van der Waals surface area contributed by atoms with Crippen LogP contribution in [0.15, 0.2) is 27.3 Å². The van der Waals surface area contributed by atoms with Crippen LogP contribution in [0.3, 0.4) is 0 Å². The zero-order chi connectivity index (χ0) is 11.7. The van der Waals surface area contributed by atoms with E-state index in [0.29, 0.717) is 0 Å². The Morgan fingerprint density at radius 3 is 2.56 bits per heavy atom. The topological polar surface area (TPSA) is 25.2 Å². The first-order valence-corrected chi connectivity index (χ1v) is 6.72. The molecule has 0 aromatic carbocycles. The second-order valence-corrected chi connectivity index (χ2v) is 5.82. The van der Waals surface area contributed by atoms with Crippen LogP contribution in [-0.2, 0) is 0 Å². The molecule has 1 N–H and O–H groups in total. The van der Waals surface area contributed by atoms with Crippen molar-refractivity contribution in [2.24, 2.45) is 0 Å². The van der Waals surface area contributed by atoms with E-state index in [0.717, 1.165) is 10.4 Å². The van der Waals surface area contributed by atoms with E-state index in [1.807, 2.05) is 30.5 Å². The molecule has 0 fully saturated rings. The molecule has 1 unspecified atom stereocenters. The normalized spacial score (nSPS) is 13.0. The van der Waals surface area contributed by atoms with Gasteiger partial charge in [-0.3, -0.25) is 0 Å². The van der Waals surface area contributed by atoms with Crippen molar-refractivity contribution in [2.45, 2.75) is 19.9 Å². The van der Waals surface area contributed by atoms with Gasteiger partial charge in [-0.05, 0) is 60.6 Å². The third-order valence-corrected chi connectivity index (χ3v) is 4.28. The van der Waals surface area contributed by atoms with Crippen LogP contribution in [0.4, 0.5) is 0 Å². The zero-order valence-corrected chi connectivity index (χ0v) is 11.9. The van der Waals surface area contributed by atoms with Crippen LogP contribution >= 0.6 is 27.3 Å². The van der Waals surface area contributed by atoms with Gasteiger partial charge in [0.2, 0.25) is 0 Å². The second-order valence-electron chi connectivity index (χ2n) is 3.75. The fourth-order valence-corrected chi connectivity index (χ4v) is 3.13. The molecule has 4 heteroatoms. The van der Waals surface area contributed by atoms with Crippen LogP contribution < -0.4 is 5.32 Å². The highest BCUT2D eigenvalue weighted by Gasteiger charge is 2.18. The van der Waals surface area contributed by atoms with Gasteiger partial charge in [-0.25, -0.2) is 0 Å². The number of hydrogen-bond acceptors (Lipinski definition) is 3. The lowest BCUT2D eigenvalue weighted by Crippen LogP contribution is -2.15. The van der Waals surface area contributed by atoms with Crippen LogP contribution in [0, 0.1) is 13.8 Å². The summed E-state index contributed by atoms with van der Waals surface area (Å²) in [5.74, 6) is 0.940. The van der Waals surface area contributed by atoms with Crippen molar-refractivity contribution in [3.63, 3.8) is 0 Å². The van der Waals surface area contributed by atoms with Gasteiger partial charge in [-0.15, -0.1) is 11.3 Å². The first kappa shape index (κ1) is 11.9. The molecule has 16 heavy (non-hydrogen) atoms. The smallest absolute Gasteiger partial charge is 0.169 e. The van der Waals surface area contributed by atoms with Gasteiger partial charge >= 0.3 is 0 Å². The minimum atomic E-state index is 0.142. The Labute approximate surface area is 108 Å². The molecule has 0 spiro atoms. The summed E-state index contributed by atoms with van der Waals surface area (Å²) >= 11 is 5.14. The summed E-state index contributed by atoms with van der Waals surface area (Å²) in [7, 11) is 1.95. The van der Waals surface area contributed by atoms with Crippen molar-refractivity contribution in [3.8, 4) is 0 Å². The molecule has 0 bridgehead atoms.